The van der Waals surface area contributed by atoms with Crippen molar-refractivity contribution in [1.82, 2.24) is 10.6 Å². The second kappa shape index (κ2) is 9.19. The number of guanidine groups is 1. The van der Waals surface area contributed by atoms with E-state index < -0.39 is 12.8 Å². The molecule has 130 valence electrons. The van der Waals surface area contributed by atoms with E-state index in [-0.39, 0.29) is 29.7 Å². The molecular formula is C15H21F3IN3O. The van der Waals surface area contributed by atoms with Gasteiger partial charge in [-0.2, -0.15) is 13.2 Å². The highest BCUT2D eigenvalue weighted by Crippen LogP contribution is 2.27. The van der Waals surface area contributed by atoms with Crippen molar-refractivity contribution in [2.45, 2.75) is 25.6 Å². The molecule has 1 fully saturated rings. The molecule has 1 aromatic carbocycles. The van der Waals surface area contributed by atoms with Crippen LogP contribution in [0.25, 0.3) is 0 Å². The van der Waals surface area contributed by atoms with Crippen molar-refractivity contribution in [2.75, 3.05) is 20.2 Å². The van der Waals surface area contributed by atoms with Gasteiger partial charge in [0.15, 0.2) is 12.6 Å². The van der Waals surface area contributed by atoms with Gasteiger partial charge < -0.3 is 15.4 Å². The van der Waals surface area contributed by atoms with Crippen LogP contribution in [0.4, 0.5) is 13.2 Å². The average molecular weight is 443 g/mol. The zero-order valence-electron chi connectivity index (χ0n) is 12.8. The van der Waals surface area contributed by atoms with Crippen molar-refractivity contribution < 1.29 is 17.9 Å². The van der Waals surface area contributed by atoms with Gasteiger partial charge in [-0.15, -0.1) is 24.0 Å². The van der Waals surface area contributed by atoms with E-state index in [1.807, 2.05) is 6.07 Å². The Morgan fingerprint density at radius 1 is 1.30 bits per heavy atom. The third kappa shape index (κ3) is 8.29. The number of benzene rings is 1. The molecule has 0 aliphatic heterocycles. The molecule has 8 heteroatoms. The zero-order chi connectivity index (χ0) is 16.0. The van der Waals surface area contributed by atoms with Crippen LogP contribution in [-0.2, 0) is 6.54 Å². The number of rotatable bonds is 6. The number of ether oxygens (including phenoxy) is 1. The summed E-state index contributed by atoms with van der Waals surface area (Å²) >= 11 is 0. The standard InChI is InChI=1S/C15H20F3N3O.HI/c1-19-14(20-8-11-5-6-11)21-9-12-3-2-4-13(7-12)22-10-15(16,17)18;/h2-4,7,11H,5-6,8-10H2,1H3,(H2,19,20,21);1H. The summed E-state index contributed by atoms with van der Waals surface area (Å²) in [6, 6.07) is 6.59. The largest absolute Gasteiger partial charge is 0.484 e. The topological polar surface area (TPSA) is 45.7 Å². The second-order valence-electron chi connectivity index (χ2n) is 5.30. The van der Waals surface area contributed by atoms with Crippen molar-refractivity contribution in [3.05, 3.63) is 29.8 Å². The molecule has 0 radical (unpaired) electrons. The van der Waals surface area contributed by atoms with Crippen LogP contribution < -0.4 is 15.4 Å². The summed E-state index contributed by atoms with van der Waals surface area (Å²) in [5.74, 6) is 1.63. The summed E-state index contributed by atoms with van der Waals surface area (Å²) in [7, 11) is 1.69. The fourth-order valence-electron chi connectivity index (χ4n) is 1.88. The fourth-order valence-corrected chi connectivity index (χ4v) is 1.88. The summed E-state index contributed by atoms with van der Waals surface area (Å²) in [5.41, 5.74) is 0.828. The number of nitrogens with zero attached hydrogens (tertiary/aromatic N) is 1. The van der Waals surface area contributed by atoms with Crippen LogP contribution in [0.3, 0.4) is 0 Å². The lowest BCUT2D eigenvalue weighted by molar-refractivity contribution is -0.153. The van der Waals surface area contributed by atoms with Gasteiger partial charge in [-0.1, -0.05) is 12.1 Å². The lowest BCUT2D eigenvalue weighted by Crippen LogP contribution is -2.37. The number of hydrogen-bond donors (Lipinski definition) is 2. The van der Waals surface area contributed by atoms with E-state index in [0.29, 0.717) is 12.5 Å². The predicted octanol–water partition coefficient (Wildman–Crippen LogP) is 3.32. The first-order chi connectivity index (χ1) is 10.5. The molecule has 0 amide bonds. The lowest BCUT2D eigenvalue weighted by atomic mass is 10.2. The summed E-state index contributed by atoms with van der Waals surface area (Å²) in [6.07, 6.45) is -1.83. The van der Waals surface area contributed by atoms with Gasteiger partial charge in [-0.25, -0.2) is 0 Å². The van der Waals surface area contributed by atoms with Gasteiger partial charge in [0, 0.05) is 20.1 Å². The Morgan fingerprint density at radius 3 is 2.65 bits per heavy atom. The molecule has 23 heavy (non-hydrogen) atoms. The van der Waals surface area contributed by atoms with Gasteiger partial charge in [-0.05, 0) is 36.5 Å². The van der Waals surface area contributed by atoms with Crippen molar-refractivity contribution in [3.8, 4) is 5.75 Å². The number of halogens is 4. The van der Waals surface area contributed by atoms with Gasteiger partial charge in [0.2, 0.25) is 0 Å². The summed E-state index contributed by atoms with van der Waals surface area (Å²) in [5, 5.41) is 6.35. The molecule has 0 aromatic heterocycles. The van der Waals surface area contributed by atoms with Crippen LogP contribution in [0.5, 0.6) is 5.75 Å². The number of aliphatic imine (C=N–C) groups is 1. The quantitative estimate of drug-likeness (QED) is 0.403. The molecule has 2 rings (SSSR count). The van der Waals surface area contributed by atoms with Crippen molar-refractivity contribution in [1.29, 1.82) is 0 Å². The predicted molar refractivity (Wildman–Crippen MR) is 94.3 cm³/mol. The van der Waals surface area contributed by atoms with Gasteiger partial charge in [-0.3, -0.25) is 4.99 Å². The van der Waals surface area contributed by atoms with E-state index in [1.165, 1.54) is 18.9 Å². The van der Waals surface area contributed by atoms with Crippen LogP contribution in [0, 0.1) is 5.92 Å². The van der Waals surface area contributed by atoms with Crippen LogP contribution in [-0.4, -0.2) is 32.3 Å². The monoisotopic (exact) mass is 443 g/mol. The summed E-state index contributed by atoms with van der Waals surface area (Å²) < 4.78 is 41.1. The van der Waals surface area contributed by atoms with E-state index in [9.17, 15) is 13.2 Å². The highest BCUT2D eigenvalue weighted by atomic mass is 127. The zero-order valence-corrected chi connectivity index (χ0v) is 15.2. The minimum atomic E-state index is -4.33. The van der Waals surface area contributed by atoms with Gasteiger partial charge in [0.05, 0.1) is 0 Å². The van der Waals surface area contributed by atoms with E-state index in [0.717, 1.165) is 18.0 Å². The SMILES string of the molecule is CN=C(NCc1cccc(OCC(F)(F)F)c1)NCC1CC1.I. The average Bonchev–Trinajstić information content (AvgIpc) is 3.29. The van der Waals surface area contributed by atoms with Crippen LogP contribution in [0.2, 0.25) is 0 Å². The van der Waals surface area contributed by atoms with Gasteiger partial charge in [0.1, 0.15) is 5.75 Å². The first kappa shape index (κ1) is 19.9. The van der Waals surface area contributed by atoms with E-state index in [1.54, 1.807) is 19.2 Å². The Kier molecular flexibility index (Phi) is 7.93. The second-order valence-corrected chi connectivity index (χ2v) is 5.30. The number of alkyl halides is 3. The maximum Gasteiger partial charge on any atom is 0.422 e. The first-order valence-electron chi connectivity index (χ1n) is 7.19. The molecule has 1 saturated carbocycles. The molecule has 0 bridgehead atoms. The molecule has 1 aliphatic carbocycles. The maximum absolute atomic E-state index is 12.1. The van der Waals surface area contributed by atoms with Crippen molar-refractivity contribution in [3.63, 3.8) is 0 Å². The van der Waals surface area contributed by atoms with Crippen molar-refractivity contribution >= 4 is 29.9 Å². The smallest absolute Gasteiger partial charge is 0.422 e. The van der Waals surface area contributed by atoms with Crippen LogP contribution in [0.1, 0.15) is 18.4 Å². The molecule has 0 atom stereocenters. The first-order valence-corrected chi connectivity index (χ1v) is 7.19. The van der Waals surface area contributed by atoms with E-state index >= 15 is 0 Å². The number of nitrogens with one attached hydrogen (secondary N) is 2. The van der Waals surface area contributed by atoms with Gasteiger partial charge in [0.25, 0.3) is 0 Å². The molecule has 1 aromatic rings. The minimum absolute atomic E-state index is 0. The molecule has 1 aliphatic rings. The molecule has 0 unspecified atom stereocenters. The molecule has 4 nitrogen and oxygen atoms in total. The highest BCUT2D eigenvalue weighted by molar-refractivity contribution is 14.0. The molecule has 0 heterocycles. The lowest BCUT2D eigenvalue weighted by Gasteiger charge is -2.13. The Hall–Kier alpha value is -1.19. The molecule has 2 N–H and O–H groups in total. The molecule has 0 saturated heterocycles. The maximum atomic E-state index is 12.1. The Bertz CT molecular complexity index is 519. The minimum Gasteiger partial charge on any atom is -0.484 e. The third-order valence-corrected chi connectivity index (χ3v) is 3.24. The van der Waals surface area contributed by atoms with Crippen LogP contribution in [0.15, 0.2) is 29.3 Å². The van der Waals surface area contributed by atoms with Gasteiger partial charge >= 0.3 is 6.18 Å². The Morgan fingerprint density at radius 2 is 2.04 bits per heavy atom. The molecular weight excluding hydrogens is 422 g/mol. The normalized spacial score (nSPS) is 14.9. The van der Waals surface area contributed by atoms with E-state index in [2.05, 4.69) is 15.6 Å². The van der Waals surface area contributed by atoms with Crippen LogP contribution >= 0.6 is 24.0 Å². The third-order valence-electron chi connectivity index (χ3n) is 3.24. The van der Waals surface area contributed by atoms with Crippen molar-refractivity contribution in [2.24, 2.45) is 10.9 Å². The number of hydrogen-bond acceptors (Lipinski definition) is 2. The highest BCUT2D eigenvalue weighted by Gasteiger charge is 2.28. The summed E-state index contributed by atoms with van der Waals surface area (Å²) in [4.78, 5) is 4.11. The fraction of sp³-hybridized carbons (Fsp3) is 0.533. The Balaban J connectivity index is 0.00000264. The Labute approximate surface area is 150 Å². The molecule has 0 spiro atoms. The summed E-state index contributed by atoms with van der Waals surface area (Å²) in [6.45, 7) is 0.0798. The van der Waals surface area contributed by atoms with E-state index in [4.69, 9.17) is 4.74 Å².